The van der Waals surface area contributed by atoms with Gasteiger partial charge < -0.3 is 15.2 Å². The lowest BCUT2D eigenvalue weighted by Gasteiger charge is -2.19. The first-order valence-electron chi connectivity index (χ1n) is 5.63. The van der Waals surface area contributed by atoms with Crippen molar-refractivity contribution in [1.82, 2.24) is 5.32 Å². The monoisotopic (exact) mass is 223 g/mol. The topological polar surface area (TPSA) is 41.5 Å². The molecule has 0 fully saturated rings. The van der Waals surface area contributed by atoms with Gasteiger partial charge in [-0.2, -0.15) is 0 Å². The van der Waals surface area contributed by atoms with Gasteiger partial charge in [-0.1, -0.05) is 17.7 Å². The number of aliphatic hydroxyl groups excluding tert-OH is 1. The highest BCUT2D eigenvalue weighted by Gasteiger charge is 2.12. The molecule has 0 saturated carbocycles. The molecule has 3 heteroatoms. The maximum Gasteiger partial charge on any atom is 0.124 e. The minimum Gasteiger partial charge on any atom is -0.488 e. The molecule has 0 heterocycles. The lowest BCUT2D eigenvalue weighted by Crippen LogP contribution is -2.26. The number of hydrogen-bond acceptors (Lipinski definition) is 3. The summed E-state index contributed by atoms with van der Waals surface area (Å²) in [5.41, 5.74) is 2.33. The number of ether oxygens (including phenoxy) is 1. The van der Waals surface area contributed by atoms with Crippen molar-refractivity contribution in [2.24, 2.45) is 0 Å². The summed E-state index contributed by atoms with van der Waals surface area (Å²) < 4.78 is 5.72. The Bertz CT molecular complexity index is 337. The molecule has 3 nitrogen and oxygen atoms in total. The average Bonchev–Trinajstić information content (AvgIpc) is 2.22. The summed E-state index contributed by atoms with van der Waals surface area (Å²) >= 11 is 0. The fourth-order valence-electron chi connectivity index (χ4n) is 1.45. The minimum absolute atomic E-state index is 0.196. The number of aryl methyl sites for hydroxylation is 1. The van der Waals surface area contributed by atoms with Gasteiger partial charge in [0.1, 0.15) is 11.9 Å². The minimum atomic E-state index is -0.469. The van der Waals surface area contributed by atoms with Crippen molar-refractivity contribution >= 4 is 0 Å². The normalized spacial score (nSPS) is 14.6. The highest BCUT2D eigenvalue weighted by molar-refractivity contribution is 5.37. The predicted molar refractivity (Wildman–Crippen MR) is 65.7 cm³/mol. The van der Waals surface area contributed by atoms with Crippen LogP contribution in [0.1, 0.15) is 25.0 Å². The second kappa shape index (κ2) is 5.87. The highest BCUT2D eigenvalue weighted by atomic mass is 16.5. The van der Waals surface area contributed by atoms with Crippen molar-refractivity contribution < 1.29 is 9.84 Å². The van der Waals surface area contributed by atoms with Crippen molar-refractivity contribution in [3.05, 3.63) is 29.3 Å². The van der Waals surface area contributed by atoms with Crippen LogP contribution in [0.2, 0.25) is 0 Å². The molecule has 16 heavy (non-hydrogen) atoms. The van der Waals surface area contributed by atoms with Crippen LogP contribution in [0, 0.1) is 6.92 Å². The van der Waals surface area contributed by atoms with E-state index in [9.17, 15) is 5.11 Å². The third-order valence-corrected chi connectivity index (χ3v) is 2.58. The second-order valence-corrected chi connectivity index (χ2v) is 4.21. The molecule has 2 atom stereocenters. The molecular formula is C13H21NO2. The molecule has 1 aromatic carbocycles. The van der Waals surface area contributed by atoms with E-state index in [1.807, 2.05) is 26.1 Å². The Morgan fingerprint density at radius 3 is 2.62 bits per heavy atom. The molecule has 0 aromatic heterocycles. The zero-order valence-electron chi connectivity index (χ0n) is 10.4. The molecule has 0 aliphatic rings. The molecule has 0 bridgehead atoms. The van der Waals surface area contributed by atoms with Gasteiger partial charge in [-0.05, 0) is 33.9 Å². The van der Waals surface area contributed by atoms with Crippen molar-refractivity contribution in [2.45, 2.75) is 39.5 Å². The first kappa shape index (κ1) is 13.0. The standard InChI is InChI=1S/C13H21NO2/c1-9-5-6-13(12(7-9)8-14-4)16-11(3)10(2)15/h5-7,10-11,14-15H,8H2,1-4H3. The van der Waals surface area contributed by atoms with Crippen LogP contribution >= 0.6 is 0 Å². The number of nitrogens with one attached hydrogen (secondary N) is 1. The van der Waals surface area contributed by atoms with Crippen molar-refractivity contribution in [1.29, 1.82) is 0 Å². The van der Waals surface area contributed by atoms with Gasteiger partial charge >= 0.3 is 0 Å². The SMILES string of the molecule is CNCc1cc(C)ccc1OC(C)C(C)O. The molecule has 0 spiro atoms. The van der Waals surface area contributed by atoms with Crippen LogP contribution in [-0.2, 0) is 6.54 Å². The number of aliphatic hydroxyl groups is 1. The Labute approximate surface area is 97.4 Å². The fraction of sp³-hybridized carbons (Fsp3) is 0.538. The number of benzene rings is 1. The van der Waals surface area contributed by atoms with Gasteiger partial charge in [0, 0.05) is 12.1 Å². The summed E-state index contributed by atoms with van der Waals surface area (Å²) in [5, 5.41) is 12.5. The summed E-state index contributed by atoms with van der Waals surface area (Å²) in [4.78, 5) is 0. The van der Waals surface area contributed by atoms with Gasteiger partial charge in [0.25, 0.3) is 0 Å². The maximum atomic E-state index is 9.42. The summed E-state index contributed by atoms with van der Waals surface area (Å²) in [6.07, 6.45) is -0.665. The fourth-order valence-corrected chi connectivity index (χ4v) is 1.45. The summed E-state index contributed by atoms with van der Waals surface area (Å²) in [7, 11) is 1.91. The zero-order valence-corrected chi connectivity index (χ0v) is 10.4. The maximum absolute atomic E-state index is 9.42. The van der Waals surface area contributed by atoms with Crippen molar-refractivity contribution in [3.63, 3.8) is 0 Å². The third kappa shape index (κ3) is 3.51. The second-order valence-electron chi connectivity index (χ2n) is 4.21. The van der Waals surface area contributed by atoms with E-state index in [2.05, 4.69) is 18.3 Å². The largest absolute Gasteiger partial charge is 0.488 e. The van der Waals surface area contributed by atoms with Crippen LogP contribution in [0.5, 0.6) is 5.75 Å². The first-order valence-corrected chi connectivity index (χ1v) is 5.63. The molecule has 90 valence electrons. The molecule has 0 aliphatic carbocycles. The van der Waals surface area contributed by atoms with Crippen molar-refractivity contribution in [3.8, 4) is 5.75 Å². The van der Waals surface area contributed by atoms with E-state index in [0.717, 1.165) is 17.9 Å². The first-order chi connectivity index (χ1) is 7.54. The van der Waals surface area contributed by atoms with Crippen LogP contribution in [0.3, 0.4) is 0 Å². The van der Waals surface area contributed by atoms with Crippen LogP contribution in [0.15, 0.2) is 18.2 Å². The van der Waals surface area contributed by atoms with Gasteiger partial charge in [-0.25, -0.2) is 0 Å². The van der Waals surface area contributed by atoms with Gasteiger partial charge in [-0.15, -0.1) is 0 Å². The smallest absolute Gasteiger partial charge is 0.124 e. The summed E-state index contributed by atoms with van der Waals surface area (Å²) in [5.74, 6) is 0.841. The molecule has 1 aromatic rings. The highest BCUT2D eigenvalue weighted by Crippen LogP contribution is 2.21. The van der Waals surface area contributed by atoms with Gasteiger partial charge in [-0.3, -0.25) is 0 Å². The third-order valence-electron chi connectivity index (χ3n) is 2.58. The lowest BCUT2D eigenvalue weighted by molar-refractivity contribution is 0.0598. The van der Waals surface area contributed by atoms with Crippen LogP contribution in [0.4, 0.5) is 0 Å². The van der Waals surface area contributed by atoms with E-state index in [0.29, 0.717) is 0 Å². The number of hydrogen-bond donors (Lipinski definition) is 2. The lowest BCUT2D eigenvalue weighted by atomic mass is 10.1. The molecule has 0 amide bonds. The van der Waals surface area contributed by atoms with E-state index >= 15 is 0 Å². The number of rotatable bonds is 5. The van der Waals surface area contributed by atoms with Gasteiger partial charge in [0.15, 0.2) is 0 Å². The van der Waals surface area contributed by atoms with Crippen LogP contribution in [-0.4, -0.2) is 24.4 Å². The summed E-state index contributed by atoms with van der Waals surface area (Å²) in [6.45, 7) is 6.43. The van der Waals surface area contributed by atoms with Crippen molar-refractivity contribution in [2.75, 3.05) is 7.05 Å². The van der Waals surface area contributed by atoms with E-state index in [4.69, 9.17) is 4.74 Å². The Morgan fingerprint density at radius 1 is 1.38 bits per heavy atom. The average molecular weight is 223 g/mol. The molecule has 2 unspecified atom stereocenters. The molecule has 0 radical (unpaired) electrons. The van der Waals surface area contributed by atoms with Gasteiger partial charge in [0.05, 0.1) is 6.10 Å². The van der Waals surface area contributed by atoms with E-state index in [1.54, 1.807) is 6.92 Å². The summed E-state index contributed by atoms with van der Waals surface area (Å²) in [6, 6.07) is 6.07. The quantitative estimate of drug-likeness (QED) is 0.800. The van der Waals surface area contributed by atoms with E-state index in [-0.39, 0.29) is 6.10 Å². The van der Waals surface area contributed by atoms with Gasteiger partial charge in [0.2, 0.25) is 0 Å². The van der Waals surface area contributed by atoms with Crippen LogP contribution < -0.4 is 10.1 Å². The Kier molecular flexibility index (Phi) is 4.77. The molecule has 2 N–H and O–H groups in total. The molecule has 0 saturated heterocycles. The van der Waals surface area contributed by atoms with E-state index in [1.165, 1.54) is 5.56 Å². The predicted octanol–water partition coefficient (Wildman–Crippen LogP) is 1.86. The molecule has 1 rings (SSSR count). The van der Waals surface area contributed by atoms with Crippen LogP contribution in [0.25, 0.3) is 0 Å². The van der Waals surface area contributed by atoms with E-state index < -0.39 is 6.10 Å². The Morgan fingerprint density at radius 2 is 2.06 bits per heavy atom. The molecular weight excluding hydrogens is 202 g/mol. The Hall–Kier alpha value is -1.06. The Balaban J connectivity index is 2.85. The zero-order chi connectivity index (χ0) is 12.1. The molecule has 0 aliphatic heterocycles.